The van der Waals surface area contributed by atoms with Crippen LogP contribution in [-0.4, -0.2) is 17.5 Å². The largest absolute Gasteiger partial charge is 0.370 e. The molecule has 1 aliphatic carbocycles. The van der Waals surface area contributed by atoms with Gasteiger partial charge in [-0.25, -0.2) is 4.98 Å². The molecule has 1 aromatic heterocycles. The Hall–Kier alpha value is -1.63. The van der Waals surface area contributed by atoms with Crippen molar-refractivity contribution < 1.29 is 0 Å². The van der Waals surface area contributed by atoms with E-state index < -0.39 is 0 Å². The summed E-state index contributed by atoms with van der Waals surface area (Å²) >= 11 is 0. The first-order valence-corrected chi connectivity index (χ1v) is 7.82. The first kappa shape index (κ1) is 17.7. The van der Waals surface area contributed by atoms with E-state index in [1.807, 2.05) is 18.2 Å². The molecule has 3 N–H and O–H groups in total. The van der Waals surface area contributed by atoms with Crippen LogP contribution in [0.2, 0.25) is 0 Å². The van der Waals surface area contributed by atoms with Crippen molar-refractivity contribution in [2.45, 2.75) is 31.1 Å². The topological polar surface area (TPSA) is 63.3 Å². The number of nitrogens with two attached hydrogens (primary N) is 1. The molecule has 0 amide bonds. The van der Waals surface area contributed by atoms with E-state index in [1.54, 1.807) is 6.20 Å². The Morgan fingerprint density at radius 1 is 1.09 bits per heavy atom. The fraction of sp³-hybridized carbons (Fsp3) is 0.333. The number of aromatic nitrogens is 1. The molecular formula is C18H23IN4. The van der Waals surface area contributed by atoms with Gasteiger partial charge in [0.1, 0.15) is 5.82 Å². The predicted molar refractivity (Wildman–Crippen MR) is 106 cm³/mol. The highest BCUT2D eigenvalue weighted by Crippen LogP contribution is 2.41. The van der Waals surface area contributed by atoms with Crippen LogP contribution in [0.4, 0.5) is 5.82 Å². The number of rotatable bonds is 4. The maximum Gasteiger partial charge on any atom is 0.194 e. The van der Waals surface area contributed by atoms with Crippen molar-refractivity contribution in [3.05, 3.63) is 60.3 Å². The number of nitrogens with zero attached hydrogens (tertiary/aromatic N) is 2. The van der Waals surface area contributed by atoms with Gasteiger partial charge < -0.3 is 11.1 Å². The molecule has 0 aliphatic heterocycles. The number of anilines is 1. The SMILES string of the molecule is I.NC(=NCC1(c2ccccc2)CCCC1)Nc1ccccn1. The molecule has 0 unspecified atom stereocenters. The van der Waals surface area contributed by atoms with E-state index in [4.69, 9.17) is 5.73 Å². The van der Waals surface area contributed by atoms with E-state index in [0.717, 1.165) is 12.4 Å². The van der Waals surface area contributed by atoms with Gasteiger partial charge in [-0.1, -0.05) is 49.2 Å². The van der Waals surface area contributed by atoms with E-state index in [9.17, 15) is 0 Å². The Balaban J connectivity index is 0.00000192. The van der Waals surface area contributed by atoms with E-state index in [-0.39, 0.29) is 29.4 Å². The summed E-state index contributed by atoms with van der Waals surface area (Å²) in [6, 6.07) is 16.4. The molecule has 1 heterocycles. The fourth-order valence-electron chi connectivity index (χ4n) is 3.23. The molecule has 122 valence electrons. The third-order valence-corrected chi connectivity index (χ3v) is 4.42. The second kappa shape index (κ2) is 8.29. The van der Waals surface area contributed by atoms with Crippen LogP contribution in [0, 0.1) is 0 Å². The van der Waals surface area contributed by atoms with Gasteiger partial charge in [0, 0.05) is 11.6 Å². The van der Waals surface area contributed by atoms with Crippen LogP contribution in [0.3, 0.4) is 0 Å². The summed E-state index contributed by atoms with van der Waals surface area (Å²) in [5, 5.41) is 3.05. The van der Waals surface area contributed by atoms with Crippen molar-refractivity contribution in [3.8, 4) is 0 Å². The smallest absolute Gasteiger partial charge is 0.194 e. The molecule has 1 saturated carbocycles. The van der Waals surface area contributed by atoms with Crippen LogP contribution in [0.25, 0.3) is 0 Å². The summed E-state index contributed by atoms with van der Waals surface area (Å²) in [4.78, 5) is 8.80. The normalized spacial score (nSPS) is 16.6. The standard InChI is InChI=1S/C18H22N4.HI/c19-17(22-16-10-4-7-13-20-16)21-14-18(11-5-6-12-18)15-8-2-1-3-9-15;/h1-4,7-10,13H,5-6,11-12,14H2,(H3,19,20,21,22);1H. The maximum absolute atomic E-state index is 6.02. The molecule has 0 radical (unpaired) electrons. The maximum atomic E-state index is 6.02. The number of hydrogen-bond donors (Lipinski definition) is 2. The summed E-state index contributed by atoms with van der Waals surface area (Å²) in [5.74, 6) is 1.16. The van der Waals surface area contributed by atoms with Crippen LogP contribution in [-0.2, 0) is 5.41 Å². The minimum absolute atomic E-state index is 0. The molecule has 2 aromatic rings. The fourth-order valence-corrected chi connectivity index (χ4v) is 3.23. The summed E-state index contributed by atoms with van der Waals surface area (Å²) in [6.45, 7) is 0.725. The molecule has 23 heavy (non-hydrogen) atoms. The molecule has 1 fully saturated rings. The van der Waals surface area contributed by atoms with Crippen molar-refractivity contribution in [1.82, 2.24) is 4.98 Å². The summed E-state index contributed by atoms with van der Waals surface area (Å²) in [7, 11) is 0. The highest BCUT2D eigenvalue weighted by Gasteiger charge is 2.35. The Labute approximate surface area is 154 Å². The van der Waals surface area contributed by atoms with Crippen LogP contribution >= 0.6 is 24.0 Å². The minimum atomic E-state index is 0. The lowest BCUT2D eigenvalue weighted by atomic mass is 9.79. The summed E-state index contributed by atoms with van der Waals surface area (Å²) < 4.78 is 0. The molecule has 0 spiro atoms. The van der Waals surface area contributed by atoms with E-state index in [0.29, 0.717) is 5.96 Å². The Kier molecular flexibility index (Phi) is 6.38. The summed E-state index contributed by atoms with van der Waals surface area (Å²) in [6.07, 6.45) is 6.61. The second-order valence-corrected chi connectivity index (χ2v) is 5.89. The molecule has 1 aromatic carbocycles. The van der Waals surface area contributed by atoms with Gasteiger partial charge in [0.25, 0.3) is 0 Å². The van der Waals surface area contributed by atoms with E-state index in [2.05, 4.69) is 45.6 Å². The first-order valence-electron chi connectivity index (χ1n) is 7.82. The molecule has 4 nitrogen and oxygen atoms in total. The zero-order valence-corrected chi connectivity index (χ0v) is 15.4. The van der Waals surface area contributed by atoms with E-state index >= 15 is 0 Å². The monoisotopic (exact) mass is 422 g/mol. The first-order chi connectivity index (χ1) is 10.8. The Bertz CT molecular complexity index is 622. The molecule has 0 saturated heterocycles. The van der Waals surface area contributed by atoms with Crippen molar-refractivity contribution in [1.29, 1.82) is 0 Å². The van der Waals surface area contributed by atoms with Crippen molar-refractivity contribution >= 4 is 35.8 Å². The lowest BCUT2D eigenvalue weighted by molar-refractivity contribution is 0.454. The highest BCUT2D eigenvalue weighted by atomic mass is 127. The molecule has 5 heteroatoms. The number of nitrogens with one attached hydrogen (secondary N) is 1. The van der Waals surface area contributed by atoms with Gasteiger partial charge in [-0.15, -0.1) is 24.0 Å². The Morgan fingerprint density at radius 2 is 1.78 bits per heavy atom. The molecule has 0 atom stereocenters. The van der Waals surface area contributed by atoms with Crippen LogP contribution in [0.1, 0.15) is 31.2 Å². The third kappa shape index (κ3) is 4.43. The van der Waals surface area contributed by atoms with Gasteiger partial charge in [-0.3, -0.25) is 4.99 Å². The number of hydrogen-bond acceptors (Lipinski definition) is 2. The molecule has 1 aliphatic rings. The number of halogens is 1. The van der Waals surface area contributed by atoms with Crippen molar-refractivity contribution in [3.63, 3.8) is 0 Å². The van der Waals surface area contributed by atoms with Gasteiger partial charge in [0.15, 0.2) is 5.96 Å². The van der Waals surface area contributed by atoms with Crippen LogP contribution in [0.5, 0.6) is 0 Å². The minimum Gasteiger partial charge on any atom is -0.370 e. The lowest BCUT2D eigenvalue weighted by Gasteiger charge is -2.28. The van der Waals surface area contributed by atoms with Crippen LogP contribution in [0.15, 0.2) is 59.7 Å². The number of benzene rings is 1. The zero-order valence-electron chi connectivity index (χ0n) is 13.1. The third-order valence-electron chi connectivity index (χ3n) is 4.42. The van der Waals surface area contributed by atoms with Gasteiger partial charge in [0.2, 0.25) is 0 Å². The van der Waals surface area contributed by atoms with Gasteiger partial charge in [0.05, 0.1) is 6.54 Å². The zero-order chi connectivity index (χ0) is 15.3. The number of aliphatic imine (C=N–C) groups is 1. The predicted octanol–water partition coefficient (Wildman–Crippen LogP) is 3.94. The van der Waals surface area contributed by atoms with Gasteiger partial charge in [-0.2, -0.15) is 0 Å². The van der Waals surface area contributed by atoms with Crippen molar-refractivity contribution in [2.24, 2.45) is 10.7 Å². The van der Waals surface area contributed by atoms with E-state index in [1.165, 1.54) is 31.2 Å². The second-order valence-electron chi connectivity index (χ2n) is 5.89. The quantitative estimate of drug-likeness (QED) is 0.446. The summed E-state index contributed by atoms with van der Waals surface area (Å²) in [5.41, 5.74) is 7.53. The van der Waals surface area contributed by atoms with Crippen LogP contribution < -0.4 is 11.1 Å². The van der Waals surface area contributed by atoms with Gasteiger partial charge in [-0.05, 0) is 30.5 Å². The highest BCUT2D eigenvalue weighted by molar-refractivity contribution is 14.0. The average molecular weight is 422 g/mol. The molecule has 0 bridgehead atoms. The van der Waals surface area contributed by atoms with Gasteiger partial charge >= 0.3 is 0 Å². The van der Waals surface area contributed by atoms with Crippen molar-refractivity contribution in [2.75, 3.05) is 11.9 Å². The number of guanidine groups is 1. The lowest BCUT2D eigenvalue weighted by Crippen LogP contribution is -2.30. The number of pyridine rings is 1. The molecular weight excluding hydrogens is 399 g/mol. The Morgan fingerprint density at radius 3 is 2.43 bits per heavy atom. The average Bonchev–Trinajstić information content (AvgIpc) is 3.05. The molecule has 3 rings (SSSR count).